The minimum atomic E-state index is -0.466. The molecule has 0 amide bonds. The van der Waals surface area contributed by atoms with E-state index in [-0.39, 0.29) is 34.4 Å². The van der Waals surface area contributed by atoms with Crippen molar-refractivity contribution in [1.82, 2.24) is 9.80 Å². The molecule has 7 nitrogen and oxygen atoms in total. The Bertz CT molecular complexity index is 1020. The van der Waals surface area contributed by atoms with Gasteiger partial charge in [0.1, 0.15) is 12.2 Å². The van der Waals surface area contributed by atoms with Gasteiger partial charge in [-0.1, -0.05) is 0 Å². The quantitative estimate of drug-likeness (QED) is 0.229. The molecule has 202 valence electrons. The highest BCUT2D eigenvalue weighted by Gasteiger charge is 2.53. The number of rotatable bonds is 4. The van der Waals surface area contributed by atoms with Crippen molar-refractivity contribution in [1.29, 1.82) is 0 Å². The number of carbonyl (C=O) groups excluding carboxylic acids is 2. The molecule has 0 saturated carbocycles. The fourth-order valence-corrected chi connectivity index (χ4v) is 9.51. The molecule has 0 aliphatic carbocycles. The fourth-order valence-electron chi connectivity index (χ4n) is 5.46. The first-order chi connectivity index (χ1) is 16.2. The molecule has 2 fully saturated rings. The maximum absolute atomic E-state index is 13.6. The molecule has 2 aliphatic rings. The number of anilines is 1. The summed E-state index contributed by atoms with van der Waals surface area (Å²) in [7, 11) is 4.11. The summed E-state index contributed by atoms with van der Waals surface area (Å²) in [5, 5.41) is 0. The lowest BCUT2D eigenvalue weighted by atomic mass is 9.96. The van der Waals surface area contributed by atoms with Gasteiger partial charge in [-0.05, 0) is 137 Å². The van der Waals surface area contributed by atoms with E-state index in [0.717, 1.165) is 0 Å². The predicted molar refractivity (Wildman–Crippen MR) is 168 cm³/mol. The lowest BCUT2D eigenvalue weighted by Crippen LogP contribution is -2.49. The van der Waals surface area contributed by atoms with E-state index in [1.54, 1.807) is 0 Å². The summed E-state index contributed by atoms with van der Waals surface area (Å²) in [5.74, 6) is -0.931. The summed E-state index contributed by atoms with van der Waals surface area (Å²) in [4.78, 5) is 31.7. The van der Waals surface area contributed by atoms with E-state index < -0.39 is 11.9 Å². The molecular formula is C26H38I3N3O4. The number of likely N-dealkylation sites (tertiary alicyclic amines) is 2. The number of hydrogen-bond acceptors (Lipinski definition) is 7. The van der Waals surface area contributed by atoms with E-state index in [1.807, 2.05) is 0 Å². The van der Waals surface area contributed by atoms with Crippen LogP contribution in [-0.2, 0) is 9.47 Å². The Balaban J connectivity index is 1.97. The Kier molecular flexibility index (Phi) is 8.43. The third-order valence-electron chi connectivity index (χ3n) is 8.75. The van der Waals surface area contributed by atoms with Crippen molar-refractivity contribution >= 4 is 85.4 Å². The van der Waals surface area contributed by atoms with Crippen molar-refractivity contribution in [3.8, 4) is 0 Å². The number of nitrogen functional groups attached to an aromatic ring is 1. The number of likely N-dealkylation sites (N-methyl/N-ethyl adjacent to an activating group) is 2. The molecule has 2 unspecified atom stereocenters. The van der Waals surface area contributed by atoms with Crippen LogP contribution in [0.25, 0.3) is 0 Å². The molecule has 2 atom stereocenters. The molecule has 2 aliphatic heterocycles. The molecule has 2 heterocycles. The van der Waals surface area contributed by atoms with Gasteiger partial charge in [-0.15, -0.1) is 0 Å². The first-order valence-electron chi connectivity index (χ1n) is 12.0. The number of esters is 2. The monoisotopic (exact) mass is 837 g/mol. The van der Waals surface area contributed by atoms with E-state index in [2.05, 4.69) is 147 Å². The second kappa shape index (κ2) is 9.92. The van der Waals surface area contributed by atoms with Crippen LogP contribution < -0.4 is 5.73 Å². The first-order valence-corrected chi connectivity index (χ1v) is 15.3. The van der Waals surface area contributed by atoms with Crippen molar-refractivity contribution in [2.45, 2.75) is 103 Å². The highest BCUT2D eigenvalue weighted by Crippen LogP contribution is 2.44. The lowest BCUT2D eigenvalue weighted by Gasteiger charge is -2.37. The molecule has 0 bridgehead atoms. The second-order valence-corrected chi connectivity index (χ2v) is 15.6. The smallest absolute Gasteiger partial charge is 0.340 e. The summed E-state index contributed by atoms with van der Waals surface area (Å²) in [6, 6.07) is 0. The fraction of sp³-hybridized carbons (Fsp3) is 0.692. The Morgan fingerprint density at radius 3 is 1.28 bits per heavy atom. The Morgan fingerprint density at radius 1 is 0.722 bits per heavy atom. The van der Waals surface area contributed by atoms with Gasteiger partial charge < -0.3 is 15.2 Å². The van der Waals surface area contributed by atoms with Crippen molar-refractivity contribution < 1.29 is 19.1 Å². The zero-order valence-electron chi connectivity index (χ0n) is 22.8. The number of halogens is 3. The largest absolute Gasteiger partial charge is 0.457 e. The molecule has 3 rings (SSSR count). The van der Waals surface area contributed by atoms with Crippen molar-refractivity contribution in [2.75, 3.05) is 19.8 Å². The van der Waals surface area contributed by atoms with Gasteiger partial charge in [0.15, 0.2) is 0 Å². The van der Waals surface area contributed by atoms with E-state index in [1.165, 1.54) is 0 Å². The highest BCUT2D eigenvalue weighted by molar-refractivity contribution is 14.1. The predicted octanol–water partition coefficient (Wildman–Crippen LogP) is 5.92. The SMILES string of the molecule is CN1C(C)(C)CC(OC(=O)c2c(I)c(N)c(I)c(C(=O)OC3CC(C)(C)N(C)C3(C)C)c2I)C1(C)C. The van der Waals surface area contributed by atoms with Crippen LogP contribution in [-0.4, -0.2) is 70.2 Å². The zero-order chi connectivity index (χ0) is 27.8. The number of benzene rings is 1. The molecule has 0 spiro atoms. The lowest BCUT2D eigenvalue weighted by molar-refractivity contribution is 0.000777. The molecule has 1 aromatic rings. The minimum Gasteiger partial charge on any atom is -0.457 e. The second-order valence-electron chi connectivity index (χ2n) is 12.4. The van der Waals surface area contributed by atoms with Crippen molar-refractivity contribution in [3.05, 3.63) is 21.8 Å². The third kappa shape index (κ3) is 5.03. The van der Waals surface area contributed by atoms with E-state index in [0.29, 0.717) is 40.4 Å². The van der Waals surface area contributed by atoms with Crippen LogP contribution in [0.3, 0.4) is 0 Å². The summed E-state index contributed by atoms with van der Waals surface area (Å²) in [6.45, 7) is 16.9. The highest BCUT2D eigenvalue weighted by atomic mass is 127. The maximum atomic E-state index is 13.6. The van der Waals surface area contributed by atoms with Gasteiger partial charge in [0.05, 0.1) is 35.0 Å². The molecule has 0 radical (unpaired) electrons. The molecule has 0 aromatic heterocycles. The van der Waals surface area contributed by atoms with Crippen LogP contribution in [0.5, 0.6) is 0 Å². The van der Waals surface area contributed by atoms with Crippen LogP contribution in [0.15, 0.2) is 0 Å². The molecule has 36 heavy (non-hydrogen) atoms. The van der Waals surface area contributed by atoms with Gasteiger partial charge in [-0.2, -0.15) is 0 Å². The van der Waals surface area contributed by atoms with Gasteiger partial charge in [-0.3, -0.25) is 9.80 Å². The summed E-state index contributed by atoms with van der Waals surface area (Å²) in [6.07, 6.45) is 0.822. The van der Waals surface area contributed by atoms with Gasteiger partial charge in [0.25, 0.3) is 0 Å². The molecule has 2 N–H and O–H groups in total. The van der Waals surface area contributed by atoms with Gasteiger partial charge in [0, 0.05) is 27.5 Å². The van der Waals surface area contributed by atoms with Crippen LogP contribution in [0.1, 0.15) is 88.9 Å². The Labute approximate surface area is 256 Å². The molecular weight excluding hydrogens is 799 g/mol. The van der Waals surface area contributed by atoms with Crippen molar-refractivity contribution in [2.24, 2.45) is 0 Å². The zero-order valence-corrected chi connectivity index (χ0v) is 29.3. The van der Waals surface area contributed by atoms with Gasteiger partial charge >= 0.3 is 11.9 Å². The van der Waals surface area contributed by atoms with Gasteiger partial charge in [-0.25, -0.2) is 9.59 Å². The van der Waals surface area contributed by atoms with Crippen molar-refractivity contribution in [3.63, 3.8) is 0 Å². The topological polar surface area (TPSA) is 85.1 Å². The first kappa shape index (κ1) is 30.6. The minimum absolute atomic E-state index is 0.107. The Hall–Kier alpha value is 0.0700. The summed E-state index contributed by atoms with van der Waals surface area (Å²) < 4.78 is 13.9. The van der Waals surface area contributed by atoms with E-state index in [4.69, 9.17) is 15.2 Å². The third-order valence-corrected chi connectivity index (χ3v) is 12.1. The normalized spacial score (nSPS) is 26.7. The van der Waals surface area contributed by atoms with E-state index in [9.17, 15) is 9.59 Å². The summed E-state index contributed by atoms with van der Waals surface area (Å²) in [5.41, 5.74) is 6.59. The van der Waals surface area contributed by atoms with Crippen LogP contribution in [0.2, 0.25) is 0 Å². The molecule has 2 saturated heterocycles. The average molecular weight is 837 g/mol. The Morgan fingerprint density at radius 2 is 1.03 bits per heavy atom. The number of ether oxygens (including phenoxy) is 2. The van der Waals surface area contributed by atoms with Gasteiger partial charge in [0.2, 0.25) is 0 Å². The number of nitrogens with zero attached hydrogens (tertiary/aromatic N) is 2. The summed E-state index contributed by atoms with van der Waals surface area (Å²) >= 11 is 6.22. The van der Waals surface area contributed by atoms with Crippen LogP contribution in [0, 0.1) is 10.7 Å². The number of nitrogens with two attached hydrogens (primary N) is 1. The molecule has 1 aromatic carbocycles. The maximum Gasteiger partial charge on any atom is 0.340 e. The van der Waals surface area contributed by atoms with Crippen LogP contribution in [0.4, 0.5) is 5.69 Å². The standard InChI is InChI=1S/C26H38I3N3O4/c1-23(2)11-13(25(5,6)31(23)9)35-21(33)15-17(27)16(19(29)20(30)18(15)28)22(34)36-14-12-24(3,4)32(10)26(14,7)8/h13-14H,11-12,30H2,1-10H3. The number of hydrogen-bond donors (Lipinski definition) is 1. The van der Waals surface area contributed by atoms with Crippen LogP contribution >= 0.6 is 67.8 Å². The average Bonchev–Trinajstić information content (AvgIpc) is 2.99. The molecule has 10 heteroatoms. The van der Waals surface area contributed by atoms with E-state index >= 15 is 0 Å². The number of carbonyl (C=O) groups is 2.